The van der Waals surface area contributed by atoms with Crippen molar-refractivity contribution in [1.82, 2.24) is 9.62 Å². The molecule has 8 heteroatoms. The lowest BCUT2D eigenvalue weighted by atomic mass is 9.93. The number of carbonyl (C=O) groups is 1. The van der Waals surface area contributed by atoms with Crippen LogP contribution in [0.15, 0.2) is 35.2 Å². The Kier molecular flexibility index (Phi) is 8.49. The van der Waals surface area contributed by atoms with E-state index in [4.69, 9.17) is 9.47 Å². The second-order valence-electron chi connectivity index (χ2n) is 9.75. The molecule has 1 fully saturated rings. The van der Waals surface area contributed by atoms with Crippen molar-refractivity contribution in [3.05, 3.63) is 52.6 Å². The van der Waals surface area contributed by atoms with Gasteiger partial charge in [0.2, 0.25) is 10.0 Å². The Morgan fingerprint density at radius 3 is 2.20 bits per heavy atom. The summed E-state index contributed by atoms with van der Waals surface area (Å²) in [6, 6.07) is 8.23. The van der Waals surface area contributed by atoms with E-state index in [0.717, 1.165) is 35.3 Å². The predicted octanol–water partition coefficient (Wildman–Crippen LogP) is 5.05. The van der Waals surface area contributed by atoms with Gasteiger partial charge in [-0.25, -0.2) is 8.42 Å². The number of amides is 1. The Hall–Kier alpha value is -2.58. The number of rotatable bonds is 8. The van der Waals surface area contributed by atoms with Gasteiger partial charge in [0.05, 0.1) is 30.7 Å². The van der Waals surface area contributed by atoms with Gasteiger partial charge in [-0.15, -0.1) is 0 Å². The zero-order valence-electron chi connectivity index (χ0n) is 21.8. The number of sulfonamides is 1. The molecule has 0 aromatic heterocycles. The number of benzene rings is 2. The van der Waals surface area contributed by atoms with Crippen LogP contribution in [0, 0.1) is 12.8 Å². The second kappa shape index (κ2) is 11.0. The van der Waals surface area contributed by atoms with Gasteiger partial charge >= 0.3 is 0 Å². The monoisotopic (exact) mass is 502 g/mol. The molecule has 0 aliphatic carbocycles. The third kappa shape index (κ3) is 5.81. The summed E-state index contributed by atoms with van der Waals surface area (Å²) in [5.74, 6) is 1.53. The number of hydrogen-bond acceptors (Lipinski definition) is 5. The van der Waals surface area contributed by atoms with E-state index in [0.29, 0.717) is 24.8 Å². The van der Waals surface area contributed by atoms with Crippen LogP contribution >= 0.6 is 0 Å². The van der Waals surface area contributed by atoms with Crippen molar-refractivity contribution in [3.63, 3.8) is 0 Å². The molecule has 0 saturated carbocycles. The molecule has 35 heavy (non-hydrogen) atoms. The molecule has 0 spiro atoms. The van der Waals surface area contributed by atoms with Crippen molar-refractivity contribution >= 4 is 15.9 Å². The van der Waals surface area contributed by atoms with Crippen molar-refractivity contribution in [3.8, 4) is 11.5 Å². The van der Waals surface area contributed by atoms with Gasteiger partial charge in [-0.05, 0) is 85.5 Å². The van der Waals surface area contributed by atoms with Crippen molar-refractivity contribution in [2.75, 3.05) is 27.3 Å². The van der Waals surface area contributed by atoms with E-state index >= 15 is 0 Å². The van der Waals surface area contributed by atoms with E-state index in [1.54, 1.807) is 13.2 Å². The summed E-state index contributed by atoms with van der Waals surface area (Å²) in [5.41, 5.74) is 3.24. The Morgan fingerprint density at radius 2 is 1.63 bits per heavy atom. The van der Waals surface area contributed by atoms with Crippen molar-refractivity contribution in [2.24, 2.45) is 5.92 Å². The summed E-state index contributed by atoms with van der Waals surface area (Å²) in [7, 11) is -0.566. The fourth-order valence-corrected chi connectivity index (χ4v) is 6.06. The van der Waals surface area contributed by atoms with Crippen LogP contribution in [0.3, 0.4) is 0 Å². The topological polar surface area (TPSA) is 84.9 Å². The molecule has 2 aromatic rings. The third-order valence-corrected chi connectivity index (χ3v) is 8.75. The largest absolute Gasteiger partial charge is 0.496 e. The van der Waals surface area contributed by atoms with E-state index in [2.05, 4.69) is 32.2 Å². The lowest BCUT2D eigenvalue weighted by Gasteiger charge is -2.29. The number of aryl methyl sites for hydroxylation is 1. The van der Waals surface area contributed by atoms with Crippen molar-refractivity contribution in [1.29, 1.82) is 0 Å². The molecule has 192 valence electrons. The molecule has 0 radical (unpaired) electrons. The lowest BCUT2D eigenvalue weighted by molar-refractivity contribution is 0.0936. The van der Waals surface area contributed by atoms with E-state index in [1.807, 2.05) is 19.9 Å². The average molecular weight is 503 g/mol. The van der Waals surface area contributed by atoms with Gasteiger partial charge in [-0.3, -0.25) is 4.79 Å². The molecule has 0 bridgehead atoms. The van der Waals surface area contributed by atoms with E-state index in [9.17, 15) is 13.2 Å². The van der Waals surface area contributed by atoms with Crippen molar-refractivity contribution in [2.45, 2.75) is 64.3 Å². The summed E-state index contributed by atoms with van der Waals surface area (Å²) in [4.78, 5) is 13.4. The highest BCUT2D eigenvalue weighted by Crippen LogP contribution is 2.33. The van der Waals surface area contributed by atoms with Crippen LogP contribution in [0.1, 0.15) is 79.5 Å². The fourth-order valence-electron chi connectivity index (χ4n) is 4.56. The highest BCUT2D eigenvalue weighted by atomic mass is 32.2. The van der Waals surface area contributed by atoms with Gasteiger partial charge in [0, 0.05) is 13.1 Å². The normalized spacial score (nSPS) is 16.2. The number of ether oxygens (including phenoxy) is 2. The van der Waals surface area contributed by atoms with Crippen LogP contribution in [0.25, 0.3) is 0 Å². The summed E-state index contributed by atoms with van der Waals surface area (Å²) in [6.07, 6.45) is 1.67. The molecule has 1 aliphatic rings. The van der Waals surface area contributed by atoms with Crippen molar-refractivity contribution < 1.29 is 22.7 Å². The molecule has 1 heterocycles. The first-order valence-corrected chi connectivity index (χ1v) is 13.6. The average Bonchev–Trinajstić information content (AvgIpc) is 2.83. The molecular weight excluding hydrogens is 464 g/mol. The van der Waals surface area contributed by atoms with E-state index in [1.165, 1.54) is 23.5 Å². The lowest BCUT2D eigenvalue weighted by Crippen LogP contribution is -2.38. The minimum Gasteiger partial charge on any atom is -0.496 e. The number of methoxy groups -OCH3 is 2. The smallest absolute Gasteiger partial charge is 0.255 e. The first kappa shape index (κ1) is 27.0. The third-order valence-electron chi connectivity index (χ3n) is 6.85. The number of hydrogen-bond donors (Lipinski definition) is 1. The van der Waals surface area contributed by atoms with Gasteiger partial charge in [0.25, 0.3) is 5.91 Å². The van der Waals surface area contributed by atoms with Crippen LogP contribution in [0.4, 0.5) is 0 Å². The minimum atomic E-state index is -3.69. The quantitative estimate of drug-likeness (QED) is 0.546. The van der Waals surface area contributed by atoms with Crippen LogP contribution < -0.4 is 14.8 Å². The maximum Gasteiger partial charge on any atom is 0.255 e. The maximum absolute atomic E-state index is 13.3. The number of piperidine rings is 1. The number of carbonyl (C=O) groups excluding carboxylic acids is 1. The highest BCUT2D eigenvalue weighted by molar-refractivity contribution is 7.89. The summed E-state index contributed by atoms with van der Waals surface area (Å²) in [5, 5.41) is 3.03. The first-order chi connectivity index (χ1) is 16.5. The number of nitrogens with zero attached hydrogens (tertiary/aromatic N) is 1. The standard InChI is InChI=1S/C27H38N2O5S/c1-17(2)22-16-23(19(4)14-26(22)34-7)20(5)28-27(30)24-15-21(8-9-25(24)33-6)35(31,32)29-12-10-18(3)11-13-29/h8-9,14-18,20H,10-13H2,1-7H3,(H,28,30)/t20-/m0/s1. The maximum atomic E-state index is 13.3. The molecule has 1 saturated heterocycles. The molecule has 1 atom stereocenters. The van der Waals surface area contributed by atoms with Gasteiger partial charge in [-0.1, -0.05) is 20.8 Å². The SMILES string of the molecule is COc1ccc(S(=O)(=O)N2CCC(C)CC2)cc1C(=O)N[C@@H](C)c1cc(C(C)C)c(OC)cc1C. The highest BCUT2D eigenvalue weighted by Gasteiger charge is 2.29. The predicted molar refractivity (Wildman–Crippen MR) is 138 cm³/mol. The van der Waals surface area contributed by atoms with E-state index in [-0.39, 0.29) is 28.3 Å². The van der Waals surface area contributed by atoms with Crippen LogP contribution in [0.2, 0.25) is 0 Å². The second-order valence-corrected chi connectivity index (χ2v) is 11.7. The molecule has 3 rings (SSSR count). The molecule has 1 aliphatic heterocycles. The molecule has 2 aromatic carbocycles. The van der Waals surface area contributed by atoms with Gasteiger partial charge in [0.15, 0.2) is 0 Å². The zero-order chi connectivity index (χ0) is 25.9. The number of nitrogens with one attached hydrogen (secondary N) is 1. The minimum absolute atomic E-state index is 0.105. The zero-order valence-corrected chi connectivity index (χ0v) is 22.7. The Bertz CT molecular complexity index is 1170. The first-order valence-electron chi connectivity index (χ1n) is 12.2. The van der Waals surface area contributed by atoms with Gasteiger partial charge in [0.1, 0.15) is 11.5 Å². The van der Waals surface area contributed by atoms with Gasteiger partial charge < -0.3 is 14.8 Å². The Morgan fingerprint density at radius 1 is 1.00 bits per heavy atom. The van der Waals surface area contributed by atoms with Crippen LogP contribution in [0.5, 0.6) is 11.5 Å². The molecule has 0 unspecified atom stereocenters. The van der Waals surface area contributed by atoms with E-state index < -0.39 is 10.0 Å². The Balaban J connectivity index is 1.90. The molecule has 1 amide bonds. The molecule has 1 N–H and O–H groups in total. The van der Waals surface area contributed by atoms with Gasteiger partial charge in [-0.2, -0.15) is 4.31 Å². The molecular formula is C27H38N2O5S. The summed E-state index contributed by atoms with van der Waals surface area (Å²) in [6.45, 7) is 11.2. The fraction of sp³-hybridized carbons (Fsp3) is 0.519. The Labute approximate surface area is 209 Å². The summed E-state index contributed by atoms with van der Waals surface area (Å²) < 4.78 is 39.0. The van der Waals surface area contributed by atoms with Crippen LogP contribution in [-0.2, 0) is 10.0 Å². The van der Waals surface area contributed by atoms with Crippen LogP contribution in [-0.4, -0.2) is 45.9 Å². The summed E-state index contributed by atoms with van der Waals surface area (Å²) >= 11 is 0. The molecule has 7 nitrogen and oxygen atoms in total.